The van der Waals surface area contributed by atoms with Crippen LogP contribution in [-0.4, -0.2) is 41.0 Å². The van der Waals surface area contributed by atoms with Gasteiger partial charge in [0.2, 0.25) is 0 Å². The Kier molecular flexibility index (Phi) is 7.04. The Bertz CT molecular complexity index is 1240. The summed E-state index contributed by atoms with van der Waals surface area (Å²) in [5.41, 5.74) is 10.3. The second-order valence-corrected chi connectivity index (χ2v) is 9.30. The second-order valence-electron chi connectivity index (χ2n) is 8.46. The Morgan fingerprint density at radius 2 is 1.43 bits per heavy atom. The Hall–Kier alpha value is -3.32. The molecular weight excluding hydrogens is 479 g/mol. The minimum atomic E-state index is 0.201. The largest absolute Gasteiger partial charge is 0.393 e. The number of piperazine rings is 1. The van der Waals surface area contributed by atoms with Gasteiger partial charge in [0.1, 0.15) is 12.0 Å². The molecule has 2 heterocycles. The molecule has 1 aliphatic heterocycles. The first-order valence-electron chi connectivity index (χ1n) is 11.5. The maximum Gasteiger partial charge on any atom is 0.159 e. The van der Waals surface area contributed by atoms with Crippen molar-refractivity contribution in [2.24, 2.45) is 0 Å². The van der Waals surface area contributed by atoms with Crippen LogP contribution in [0.1, 0.15) is 17.2 Å². The van der Waals surface area contributed by atoms with Crippen LogP contribution < -0.4 is 16.0 Å². The molecule has 1 aromatic heterocycles. The molecule has 4 aromatic rings. The van der Waals surface area contributed by atoms with Gasteiger partial charge in [0, 0.05) is 31.2 Å². The quantitative estimate of drug-likeness (QED) is 0.334. The molecular formula is C27H26Cl2N6. The third kappa shape index (κ3) is 5.20. The fourth-order valence-corrected chi connectivity index (χ4v) is 4.99. The van der Waals surface area contributed by atoms with Crippen molar-refractivity contribution in [3.63, 3.8) is 0 Å². The summed E-state index contributed by atoms with van der Waals surface area (Å²) in [6, 6.07) is 26.8. The molecule has 8 heteroatoms. The first-order chi connectivity index (χ1) is 17.1. The van der Waals surface area contributed by atoms with Crippen molar-refractivity contribution in [2.75, 3.05) is 42.1 Å². The number of hydrogen-bond acceptors (Lipinski definition) is 6. The number of halogens is 2. The standard InChI is InChI=1S/C27H26Cl2N6/c28-21-11-12-23(22(29)17-21)33-26-24(30)27(32-18-31-26)35-15-13-34(14-16-35)25(19-7-3-1-4-8-19)20-9-5-2-6-10-20/h1-12,17-18,25H,13-16,30H2,(H,31,32,33). The van der Waals surface area contributed by atoms with Crippen LogP contribution in [0.4, 0.5) is 23.0 Å². The molecule has 0 bridgehead atoms. The van der Waals surface area contributed by atoms with E-state index in [4.69, 9.17) is 28.9 Å². The first kappa shape index (κ1) is 23.4. The summed E-state index contributed by atoms with van der Waals surface area (Å²) in [6.07, 6.45) is 1.53. The number of aromatic nitrogens is 2. The molecule has 0 spiro atoms. The average molecular weight is 505 g/mol. The van der Waals surface area contributed by atoms with Crippen molar-refractivity contribution in [1.82, 2.24) is 14.9 Å². The summed E-state index contributed by atoms with van der Waals surface area (Å²) in [6.45, 7) is 3.37. The third-order valence-electron chi connectivity index (χ3n) is 6.26. The zero-order valence-electron chi connectivity index (χ0n) is 19.1. The fraction of sp³-hybridized carbons (Fsp3) is 0.185. The number of hydrogen-bond donors (Lipinski definition) is 2. The minimum Gasteiger partial charge on any atom is -0.393 e. The van der Waals surface area contributed by atoms with E-state index in [0.717, 1.165) is 32.0 Å². The van der Waals surface area contributed by atoms with Crippen molar-refractivity contribution >= 4 is 46.2 Å². The van der Waals surface area contributed by atoms with Gasteiger partial charge in [0.25, 0.3) is 0 Å². The lowest BCUT2D eigenvalue weighted by Gasteiger charge is -2.40. The number of nitrogens with zero attached hydrogens (tertiary/aromatic N) is 4. The van der Waals surface area contributed by atoms with Crippen molar-refractivity contribution < 1.29 is 0 Å². The van der Waals surface area contributed by atoms with E-state index in [0.29, 0.717) is 27.2 Å². The SMILES string of the molecule is Nc1c(Nc2ccc(Cl)cc2Cl)ncnc1N1CCN(C(c2ccccc2)c2ccccc2)CC1. The highest BCUT2D eigenvalue weighted by Crippen LogP contribution is 2.34. The Morgan fingerprint density at radius 3 is 2.03 bits per heavy atom. The Balaban J connectivity index is 1.34. The molecule has 3 N–H and O–H groups in total. The van der Waals surface area contributed by atoms with Crippen molar-refractivity contribution in [2.45, 2.75) is 6.04 Å². The molecule has 1 saturated heterocycles. The van der Waals surface area contributed by atoms with Crippen LogP contribution in [0.2, 0.25) is 10.0 Å². The van der Waals surface area contributed by atoms with E-state index in [9.17, 15) is 0 Å². The molecule has 3 aromatic carbocycles. The zero-order valence-corrected chi connectivity index (χ0v) is 20.6. The molecule has 0 saturated carbocycles. The van der Waals surface area contributed by atoms with Crippen LogP contribution >= 0.6 is 23.2 Å². The van der Waals surface area contributed by atoms with E-state index in [2.05, 4.69) is 85.7 Å². The highest BCUT2D eigenvalue weighted by molar-refractivity contribution is 6.36. The highest BCUT2D eigenvalue weighted by Gasteiger charge is 2.28. The second kappa shape index (κ2) is 10.5. The summed E-state index contributed by atoms with van der Waals surface area (Å²) in [5, 5.41) is 4.28. The van der Waals surface area contributed by atoms with E-state index >= 15 is 0 Å². The number of benzene rings is 3. The van der Waals surface area contributed by atoms with Crippen LogP contribution in [0.25, 0.3) is 0 Å². The normalized spacial score (nSPS) is 14.3. The number of nitrogen functional groups attached to an aromatic ring is 1. The van der Waals surface area contributed by atoms with Crippen LogP contribution in [0, 0.1) is 0 Å². The average Bonchev–Trinajstić information content (AvgIpc) is 2.89. The highest BCUT2D eigenvalue weighted by atomic mass is 35.5. The molecule has 35 heavy (non-hydrogen) atoms. The van der Waals surface area contributed by atoms with Gasteiger partial charge < -0.3 is 16.0 Å². The topological polar surface area (TPSA) is 70.3 Å². The van der Waals surface area contributed by atoms with Crippen molar-refractivity contribution in [3.8, 4) is 0 Å². The van der Waals surface area contributed by atoms with Crippen molar-refractivity contribution in [1.29, 1.82) is 0 Å². The number of nitrogens with one attached hydrogen (secondary N) is 1. The van der Waals surface area contributed by atoms with E-state index in [1.54, 1.807) is 18.2 Å². The van der Waals surface area contributed by atoms with Crippen LogP contribution in [-0.2, 0) is 0 Å². The van der Waals surface area contributed by atoms with E-state index in [1.807, 2.05) is 0 Å². The molecule has 0 amide bonds. The number of rotatable bonds is 6. The molecule has 0 unspecified atom stereocenters. The van der Waals surface area contributed by atoms with E-state index in [-0.39, 0.29) is 6.04 Å². The van der Waals surface area contributed by atoms with Crippen molar-refractivity contribution in [3.05, 3.63) is 106 Å². The smallest absolute Gasteiger partial charge is 0.159 e. The summed E-state index contributed by atoms with van der Waals surface area (Å²) in [4.78, 5) is 13.6. The van der Waals surface area contributed by atoms with Gasteiger partial charge in [-0.2, -0.15) is 0 Å². The third-order valence-corrected chi connectivity index (χ3v) is 6.80. The Labute approximate surface area is 215 Å². The van der Waals surface area contributed by atoms with Crippen LogP contribution in [0.5, 0.6) is 0 Å². The predicted octanol–water partition coefficient (Wildman–Crippen LogP) is 6.02. The summed E-state index contributed by atoms with van der Waals surface area (Å²) < 4.78 is 0. The molecule has 0 aliphatic carbocycles. The van der Waals surface area contributed by atoms with Gasteiger partial charge in [-0.1, -0.05) is 83.9 Å². The monoisotopic (exact) mass is 504 g/mol. The molecule has 0 radical (unpaired) electrons. The van der Waals surface area contributed by atoms with Crippen LogP contribution in [0.15, 0.2) is 85.2 Å². The zero-order chi connectivity index (χ0) is 24.2. The van der Waals surface area contributed by atoms with Gasteiger partial charge >= 0.3 is 0 Å². The summed E-state index contributed by atoms with van der Waals surface area (Å²) in [7, 11) is 0. The summed E-state index contributed by atoms with van der Waals surface area (Å²) >= 11 is 12.3. The van der Waals surface area contributed by atoms with Gasteiger partial charge in [-0.05, 0) is 29.3 Å². The van der Waals surface area contributed by atoms with Gasteiger partial charge in [0.05, 0.1) is 16.8 Å². The van der Waals surface area contributed by atoms with E-state index < -0.39 is 0 Å². The van der Waals surface area contributed by atoms with Gasteiger partial charge in [-0.25, -0.2) is 9.97 Å². The van der Waals surface area contributed by atoms with E-state index in [1.165, 1.54) is 17.5 Å². The fourth-order valence-electron chi connectivity index (χ4n) is 4.53. The first-order valence-corrected chi connectivity index (χ1v) is 12.3. The predicted molar refractivity (Wildman–Crippen MR) is 145 cm³/mol. The molecule has 0 atom stereocenters. The molecule has 178 valence electrons. The molecule has 1 aliphatic rings. The Morgan fingerprint density at radius 1 is 0.800 bits per heavy atom. The molecule has 5 rings (SSSR count). The van der Waals surface area contributed by atoms with Gasteiger partial charge in [-0.15, -0.1) is 0 Å². The maximum atomic E-state index is 6.51. The molecule has 1 fully saturated rings. The lowest BCUT2D eigenvalue weighted by Crippen LogP contribution is -2.48. The van der Waals surface area contributed by atoms with Gasteiger partial charge in [0.15, 0.2) is 11.6 Å². The van der Waals surface area contributed by atoms with Crippen LogP contribution in [0.3, 0.4) is 0 Å². The number of nitrogens with two attached hydrogens (primary N) is 1. The van der Waals surface area contributed by atoms with Gasteiger partial charge in [-0.3, -0.25) is 4.90 Å². The lowest BCUT2D eigenvalue weighted by atomic mass is 9.96. The lowest BCUT2D eigenvalue weighted by molar-refractivity contribution is 0.212. The summed E-state index contributed by atoms with van der Waals surface area (Å²) in [5.74, 6) is 1.25. The minimum absolute atomic E-state index is 0.201. The molecule has 6 nitrogen and oxygen atoms in total. The number of anilines is 4. The maximum absolute atomic E-state index is 6.51.